The lowest BCUT2D eigenvalue weighted by Crippen LogP contribution is -2.10. The second kappa shape index (κ2) is 2.89. The van der Waals surface area contributed by atoms with Crippen molar-refractivity contribution in [2.45, 2.75) is 42.9 Å². The molecule has 2 rings (SSSR count). The van der Waals surface area contributed by atoms with Crippen LogP contribution in [0.1, 0.15) is 44.8 Å². The monoisotopic (exact) mass is 233 g/mol. The number of alkyl halides is 2. The third-order valence-corrected chi connectivity index (χ3v) is 3.17. The lowest BCUT2D eigenvalue weighted by Gasteiger charge is -2.12. The zero-order valence-corrected chi connectivity index (χ0v) is 9.99. The summed E-state index contributed by atoms with van der Waals surface area (Å²) in [6.07, 6.45) is 2.49. The molecule has 0 amide bonds. The Morgan fingerprint density at radius 1 is 1.50 bits per heavy atom. The predicted molar refractivity (Wildman–Crippen MR) is 57.0 cm³/mol. The average molecular weight is 234 g/mol. The molecule has 0 saturated heterocycles. The molecule has 1 aliphatic rings. The lowest BCUT2D eigenvalue weighted by atomic mass is 9.97. The highest BCUT2D eigenvalue weighted by molar-refractivity contribution is 6.51. The number of rotatable bonds is 1. The van der Waals surface area contributed by atoms with E-state index in [1.54, 1.807) is 6.20 Å². The van der Waals surface area contributed by atoms with Crippen molar-refractivity contribution >= 4 is 23.2 Å². The molecular formula is C10H13Cl2NO. The summed E-state index contributed by atoms with van der Waals surface area (Å²) >= 11 is 11.9. The third kappa shape index (κ3) is 1.78. The summed E-state index contributed by atoms with van der Waals surface area (Å²) in [6, 6.07) is 0. The Balaban J connectivity index is 2.20. The van der Waals surface area contributed by atoms with E-state index in [1.165, 1.54) is 0 Å². The first kappa shape index (κ1) is 10.3. The van der Waals surface area contributed by atoms with Gasteiger partial charge >= 0.3 is 0 Å². The highest BCUT2D eigenvalue weighted by Gasteiger charge is 2.54. The lowest BCUT2D eigenvalue weighted by molar-refractivity contribution is 0.372. The van der Waals surface area contributed by atoms with E-state index in [4.69, 9.17) is 27.6 Å². The van der Waals surface area contributed by atoms with Crippen LogP contribution in [0.4, 0.5) is 0 Å². The summed E-state index contributed by atoms with van der Waals surface area (Å²) in [5.74, 6) is 1.66. The largest absolute Gasteiger partial charge is 0.445 e. The molecular weight excluding hydrogens is 221 g/mol. The molecule has 0 spiro atoms. The Hall–Kier alpha value is -0.210. The van der Waals surface area contributed by atoms with E-state index in [-0.39, 0.29) is 11.3 Å². The molecule has 4 heteroatoms. The first-order valence-corrected chi connectivity index (χ1v) is 5.40. The maximum Gasteiger partial charge on any atom is 0.199 e. The zero-order chi connectivity index (χ0) is 10.6. The molecule has 1 aliphatic carbocycles. The van der Waals surface area contributed by atoms with Crippen LogP contribution in [-0.4, -0.2) is 9.32 Å². The first-order valence-electron chi connectivity index (χ1n) is 4.65. The van der Waals surface area contributed by atoms with E-state index in [9.17, 15) is 0 Å². The van der Waals surface area contributed by atoms with E-state index in [0.717, 1.165) is 18.1 Å². The van der Waals surface area contributed by atoms with Gasteiger partial charge in [-0.2, -0.15) is 0 Å². The Bertz CT molecular complexity index is 351. The SMILES string of the molecule is CC(C)(C)c1ncc(C2CC2(Cl)Cl)o1. The topological polar surface area (TPSA) is 26.0 Å². The van der Waals surface area contributed by atoms with Crippen LogP contribution < -0.4 is 0 Å². The van der Waals surface area contributed by atoms with Crippen LogP contribution in [-0.2, 0) is 5.41 Å². The van der Waals surface area contributed by atoms with Gasteiger partial charge in [0, 0.05) is 5.41 Å². The zero-order valence-electron chi connectivity index (χ0n) is 8.47. The summed E-state index contributed by atoms with van der Waals surface area (Å²) < 4.78 is 5.00. The molecule has 14 heavy (non-hydrogen) atoms. The Labute approximate surface area is 93.6 Å². The van der Waals surface area contributed by atoms with Crippen LogP contribution in [0.5, 0.6) is 0 Å². The quantitative estimate of drug-likeness (QED) is 0.693. The number of hydrogen-bond donors (Lipinski definition) is 0. The van der Waals surface area contributed by atoms with Crippen LogP contribution in [0.3, 0.4) is 0 Å². The van der Waals surface area contributed by atoms with Gasteiger partial charge < -0.3 is 4.42 Å². The van der Waals surface area contributed by atoms with Crippen molar-refractivity contribution in [3.63, 3.8) is 0 Å². The highest BCUT2D eigenvalue weighted by Crippen LogP contribution is 2.59. The molecule has 1 saturated carbocycles. The van der Waals surface area contributed by atoms with Gasteiger partial charge in [0.15, 0.2) is 5.89 Å². The Morgan fingerprint density at radius 2 is 2.07 bits per heavy atom. The molecule has 1 heterocycles. The minimum Gasteiger partial charge on any atom is -0.445 e. The molecule has 0 aromatic carbocycles. The van der Waals surface area contributed by atoms with Crippen molar-refractivity contribution < 1.29 is 4.42 Å². The van der Waals surface area contributed by atoms with E-state index in [0.29, 0.717) is 0 Å². The minimum absolute atomic E-state index is 0.0611. The fourth-order valence-corrected chi connectivity index (χ4v) is 1.84. The molecule has 1 fully saturated rings. The van der Waals surface area contributed by atoms with Crippen molar-refractivity contribution in [2.75, 3.05) is 0 Å². The van der Waals surface area contributed by atoms with E-state index < -0.39 is 4.33 Å². The van der Waals surface area contributed by atoms with Crippen molar-refractivity contribution in [1.29, 1.82) is 0 Å². The van der Waals surface area contributed by atoms with Gasteiger partial charge in [0.2, 0.25) is 0 Å². The second-order valence-corrected chi connectivity index (χ2v) is 6.38. The number of oxazole rings is 1. The molecule has 0 bridgehead atoms. The van der Waals surface area contributed by atoms with Gasteiger partial charge in [-0.25, -0.2) is 4.98 Å². The number of halogens is 2. The molecule has 1 aromatic heterocycles. The maximum atomic E-state index is 5.94. The van der Waals surface area contributed by atoms with Crippen LogP contribution >= 0.6 is 23.2 Å². The van der Waals surface area contributed by atoms with E-state index >= 15 is 0 Å². The molecule has 1 unspecified atom stereocenters. The smallest absolute Gasteiger partial charge is 0.199 e. The predicted octanol–water partition coefficient (Wildman–Crippen LogP) is 3.63. The van der Waals surface area contributed by atoms with Gasteiger partial charge in [-0.1, -0.05) is 20.8 Å². The molecule has 0 N–H and O–H groups in total. The number of aromatic nitrogens is 1. The van der Waals surface area contributed by atoms with Crippen LogP contribution in [0.2, 0.25) is 0 Å². The molecule has 1 aromatic rings. The van der Waals surface area contributed by atoms with Gasteiger partial charge in [0.1, 0.15) is 10.1 Å². The summed E-state index contributed by atoms with van der Waals surface area (Å²) in [5, 5.41) is 0. The number of nitrogens with zero attached hydrogens (tertiary/aromatic N) is 1. The van der Waals surface area contributed by atoms with Gasteiger partial charge in [-0.05, 0) is 6.42 Å². The number of hydrogen-bond acceptors (Lipinski definition) is 2. The first-order chi connectivity index (χ1) is 6.31. The Morgan fingerprint density at radius 3 is 2.43 bits per heavy atom. The fraction of sp³-hybridized carbons (Fsp3) is 0.700. The molecule has 1 atom stereocenters. The second-order valence-electron chi connectivity index (χ2n) is 4.84. The van der Waals surface area contributed by atoms with Crippen molar-refractivity contribution in [2.24, 2.45) is 0 Å². The molecule has 78 valence electrons. The average Bonchev–Trinajstić information content (AvgIpc) is 2.48. The van der Waals surface area contributed by atoms with E-state index in [2.05, 4.69) is 25.8 Å². The summed E-state index contributed by atoms with van der Waals surface area (Å²) in [6.45, 7) is 6.18. The molecule has 0 radical (unpaired) electrons. The standard InChI is InChI=1S/C10H13Cl2NO/c1-9(2,3)8-13-5-7(14-8)6-4-10(6,11)12/h5-6H,4H2,1-3H3. The fourth-order valence-electron chi connectivity index (χ4n) is 1.32. The minimum atomic E-state index is -0.630. The van der Waals surface area contributed by atoms with Gasteiger partial charge in [-0.15, -0.1) is 23.2 Å². The van der Waals surface area contributed by atoms with Crippen LogP contribution in [0.15, 0.2) is 10.6 Å². The molecule has 2 nitrogen and oxygen atoms in total. The summed E-state index contributed by atoms with van der Waals surface area (Å²) in [4.78, 5) is 4.23. The normalized spacial score (nSPS) is 25.1. The van der Waals surface area contributed by atoms with Crippen molar-refractivity contribution in [3.8, 4) is 0 Å². The van der Waals surface area contributed by atoms with Crippen LogP contribution in [0, 0.1) is 0 Å². The van der Waals surface area contributed by atoms with Gasteiger partial charge in [-0.3, -0.25) is 0 Å². The summed E-state index contributed by atoms with van der Waals surface area (Å²) in [7, 11) is 0. The summed E-state index contributed by atoms with van der Waals surface area (Å²) in [5.41, 5.74) is -0.0611. The van der Waals surface area contributed by atoms with Crippen LogP contribution in [0.25, 0.3) is 0 Å². The van der Waals surface area contributed by atoms with E-state index in [1.807, 2.05) is 0 Å². The van der Waals surface area contributed by atoms with Crippen molar-refractivity contribution in [3.05, 3.63) is 17.8 Å². The maximum absolute atomic E-state index is 5.94. The third-order valence-electron chi connectivity index (χ3n) is 2.33. The van der Waals surface area contributed by atoms with Gasteiger partial charge in [0.25, 0.3) is 0 Å². The van der Waals surface area contributed by atoms with Crippen molar-refractivity contribution in [1.82, 2.24) is 4.98 Å². The van der Waals surface area contributed by atoms with Gasteiger partial charge in [0.05, 0.1) is 12.1 Å². The molecule has 0 aliphatic heterocycles. The highest BCUT2D eigenvalue weighted by atomic mass is 35.5. The Kier molecular flexibility index (Phi) is 2.13.